The smallest absolute Gasteiger partial charge is 0.254 e. The van der Waals surface area contributed by atoms with Crippen LogP contribution in [0.3, 0.4) is 0 Å². The van der Waals surface area contributed by atoms with Gasteiger partial charge in [0.15, 0.2) is 0 Å². The maximum absolute atomic E-state index is 12.7. The summed E-state index contributed by atoms with van der Waals surface area (Å²) in [6.07, 6.45) is 5.35. The highest BCUT2D eigenvalue weighted by atomic mass is 35.5. The third-order valence-corrected chi connectivity index (χ3v) is 6.03. The van der Waals surface area contributed by atoms with E-state index in [4.69, 9.17) is 26.8 Å². The third-order valence-electron chi connectivity index (χ3n) is 5.80. The Labute approximate surface area is 221 Å². The van der Waals surface area contributed by atoms with Crippen LogP contribution in [0.4, 0.5) is 5.82 Å². The number of halogens is 1. The molecule has 9 heteroatoms. The van der Waals surface area contributed by atoms with Gasteiger partial charge in [-0.25, -0.2) is 4.98 Å². The number of nitrogens with two attached hydrogens (primary N) is 1. The minimum atomic E-state index is -0.202. The fourth-order valence-electron chi connectivity index (χ4n) is 3.81. The lowest BCUT2D eigenvalue weighted by Gasteiger charge is -2.26. The number of amides is 2. The highest BCUT2D eigenvalue weighted by Gasteiger charge is 2.18. The average Bonchev–Trinajstić information content (AvgIpc) is 2.93. The lowest BCUT2D eigenvalue weighted by molar-refractivity contribution is -0.116. The molecule has 3 N–H and O–H groups in total. The number of nitrogen functional groups attached to an aromatic ring is 1. The van der Waals surface area contributed by atoms with Gasteiger partial charge < -0.3 is 25.4 Å². The van der Waals surface area contributed by atoms with Crippen molar-refractivity contribution in [2.24, 2.45) is 0 Å². The monoisotopic (exact) mass is 520 g/mol. The molecule has 0 saturated carbocycles. The van der Waals surface area contributed by atoms with Gasteiger partial charge in [0, 0.05) is 48.1 Å². The number of benzene rings is 2. The van der Waals surface area contributed by atoms with Crippen LogP contribution in [0, 0.1) is 0 Å². The van der Waals surface area contributed by atoms with Crippen LogP contribution in [0.15, 0.2) is 66.9 Å². The molecule has 1 aromatic heterocycles. The van der Waals surface area contributed by atoms with Crippen LogP contribution in [-0.2, 0) is 9.53 Å². The van der Waals surface area contributed by atoms with Crippen molar-refractivity contribution in [1.29, 1.82) is 0 Å². The van der Waals surface area contributed by atoms with Crippen molar-refractivity contribution in [3.8, 4) is 16.9 Å². The van der Waals surface area contributed by atoms with Gasteiger partial charge in [0.1, 0.15) is 11.6 Å². The molecular formula is C28H29ClN4O4. The van der Waals surface area contributed by atoms with E-state index in [-0.39, 0.29) is 11.8 Å². The normalized spacial score (nSPS) is 13.5. The molecule has 2 heterocycles. The number of carbonyl (C=O) groups excluding carboxylic acids is 2. The second kappa shape index (κ2) is 12.9. The van der Waals surface area contributed by atoms with Crippen molar-refractivity contribution in [1.82, 2.24) is 15.2 Å². The largest absolute Gasteiger partial charge is 0.493 e. The minimum Gasteiger partial charge on any atom is -0.493 e. The Morgan fingerprint density at radius 3 is 2.62 bits per heavy atom. The zero-order valence-corrected chi connectivity index (χ0v) is 21.1. The molecule has 37 heavy (non-hydrogen) atoms. The lowest BCUT2D eigenvalue weighted by atomic mass is 10.0. The van der Waals surface area contributed by atoms with E-state index in [1.54, 1.807) is 41.4 Å². The summed E-state index contributed by atoms with van der Waals surface area (Å²) in [6.45, 7) is 3.19. The van der Waals surface area contributed by atoms with Gasteiger partial charge in [0.25, 0.3) is 5.91 Å². The molecule has 0 spiro atoms. The van der Waals surface area contributed by atoms with E-state index in [1.807, 2.05) is 30.3 Å². The van der Waals surface area contributed by atoms with Gasteiger partial charge in [-0.2, -0.15) is 0 Å². The molecule has 0 radical (unpaired) electrons. The van der Waals surface area contributed by atoms with Crippen LogP contribution in [0.25, 0.3) is 17.2 Å². The number of rotatable bonds is 9. The lowest BCUT2D eigenvalue weighted by Crippen LogP contribution is -2.40. The number of morpholine rings is 1. The number of nitrogens with one attached hydrogen (secondary N) is 1. The molecule has 2 amide bonds. The summed E-state index contributed by atoms with van der Waals surface area (Å²) in [5.74, 6) is 0.874. The fourth-order valence-corrected chi connectivity index (χ4v) is 3.97. The Balaban J connectivity index is 1.29. The maximum atomic E-state index is 12.7. The molecule has 1 fully saturated rings. The second-order valence-electron chi connectivity index (χ2n) is 8.47. The molecule has 2 aromatic carbocycles. The van der Waals surface area contributed by atoms with Gasteiger partial charge >= 0.3 is 0 Å². The van der Waals surface area contributed by atoms with E-state index < -0.39 is 0 Å². The summed E-state index contributed by atoms with van der Waals surface area (Å²) >= 11 is 6.22. The Bertz CT molecular complexity index is 1240. The highest BCUT2D eigenvalue weighted by molar-refractivity contribution is 6.30. The zero-order valence-electron chi connectivity index (χ0n) is 20.4. The van der Waals surface area contributed by atoms with E-state index in [9.17, 15) is 9.59 Å². The summed E-state index contributed by atoms with van der Waals surface area (Å²) < 4.78 is 11.3. The summed E-state index contributed by atoms with van der Waals surface area (Å²) in [4.78, 5) is 30.6. The summed E-state index contributed by atoms with van der Waals surface area (Å²) in [6, 6.07) is 16.4. The molecule has 1 saturated heterocycles. The molecule has 192 valence electrons. The Morgan fingerprint density at radius 2 is 1.89 bits per heavy atom. The second-order valence-corrected chi connectivity index (χ2v) is 8.90. The summed E-state index contributed by atoms with van der Waals surface area (Å²) in [7, 11) is 0. The van der Waals surface area contributed by atoms with Crippen LogP contribution in [0.5, 0.6) is 5.75 Å². The van der Waals surface area contributed by atoms with E-state index in [0.29, 0.717) is 68.0 Å². The molecule has 0 unspecified atom stereocenters. The van der Waals surface area contributed by atoms with Crippen LogP contribution in [-0.4, -0.2) is 61.2 Å². The molecule has 0 bridgehead atoms. The van der Waals surface area contributed by atoms with Gasteiger partial charge in [0.2, 0.25) is 5.91 Å². The van der Waals surface area contributed by atoms with Gasteiger partial charge in [-0.05, 0) is 66.1 Å². The van der Waals surface area contributed by atoms with E-state index >= 15 is 0 Å². The number of pyridine rings is 1. The Hall–Kier alpha value is -3.88. The molecule has 3 aromatic rings. The predicted octanol–water partition coefficient (Wildman–Crippen LogP) is 4.06. The number of ether oxygens (including phenoxy) is 2. The third kappa shape index (κ3) is 7.55. The van der Waals surface area contributed by atoms with Gasteiger partial charge in [-0.1, -0.05) is 23.7 Å². The molecule has 1 aliphatic heterocycles. The molecular weight excluding hydrogens is 492 g/mol. The molecule has 4 rings (SSSR count). The average molecular weight is 521 g/mol. The van der Waals surface area contributed by atoms with Crippen molar-refractivity contribution >= 4 is 35.3 Å². The van der Waals surface area contributed by atoms with E-state index in [1.165, 1.54) is 6.08 Å². The first kappa shape index (κ1) is 26.2. The number of nitrogens with zero attached hydrogens (tertiary/aromatic N) is 2. The van der Waals surface area contributed by atoms with Crippen molar-refractivity contribution in [3.63, 3.8) is 0 Å². The Kier molecular flexibility index (Phi) is 9.13. The highest BCUT2D eigenvalue weighted by Crippen LogP contribution is 2.33. The number of aromatic nitrogens is 1. The van der Waals surface area contributed by atoms with Gasteiger partial charge in [-0.3, -0.25) is 9.59 Å². The molecule has 8 nitrogen and oxygen atoms in total. The molecule has 1 aliphatic rings. The summed E-state index contributed by atoms with van der Waals surface area (Å²) in [5.41, 5.74) is 8.78. The first-order valence-corrected chi connectivity index (χ1v) is 12.4. The van der Waals surface area contributed by atoms with Crippen LogP contribution < -0.4 is 15.8 Å². The standard InChI is InChI=1S/C28H29ClN4O4/c29-23-8-9-24(21-4-6-22(7-5-21)28(35)33-13-16-36-17-14-33)25(18-23)37-15-1-12-31-27(34)11-3-20-2-10-26(30)32-19-20/h2-11,18-19H,1,12-17H2,(H2,30,32)(H,31,34). The van der Waals surface area contributed by atoms with Crippen LogP contribution >= 0.6 is 11.6 Å². The molecule has 0 aliphatic carbocycles. The minimum absolute atomic E-state index is 0.00412. The number of hydrogen-bond donors (Lipinski definition) is 2. The predicted molar refractivity (Wildman–Crippen MR) is 144 cm³/mol. The van der Waals surface area contributed by atoms with E-state index in [0.717, 1.165) is 16.7 Å². The Morgan fingerprint density at radius 1 is 1.11 bits per heavy atom. The van der Waals surface area contributed by atoms with Gasteiger partial charge in [0.05, 0.1) is 19.8 Å². The SMILES string of the molecule is Nc1ccc(C=CC(=O)NCCCOc2cc(Cl)ccc2-c2ccc(C(=O)N3CCOCC3)cc2)cn1. The van der Waals surface area contributed by atoms with Crippen LogP contribution in [0.1, 0.15) is 22.3 Å². The first-order chi connectivity index (χ1) is 18.0. The number of carbonyl (C=O) groups is 2. The maximum Gasteiger partial charge on any atom is 0.254 e. The molecule has 0 atom stereocenters. The fraction of sp³-hybridized carbons (Fsp3) is 0.250. The number of anilines is 1. The number of hydrogen-bond acceptors (Lipinski definition) is 6. The topological polar surface area (TPSA) is 107 Å². The first-order valence-electron chi connectivity index (χ1n) is 12.1. The quantitative estimate of drug-likeness (QED) is 0.325. The zero-order chi connectivity index (χ0) is 26.0. The van der Waals surface area contributed by atoms with Gasteiger partial charge in [-0.15, -0.1) is 0 Å². The van der Waals surface area contributed by atoms with Crippen molar-refractivity contribution in [3.05, 3.63) is 83.0 Å². The van der Waals surface area contributed by atoms with Crippen molar-refractivity contribution in [2.45, 2.75) is 6.42 Å². The van der Waals surface area contributed by atoms with E-state index in [2.05, 4.69) is 10.3 Å². The summed E-state index contributed by atoms with van der Waals surface area (Å²) in [5, 5.41) is 3.39. The van der Waals surface area contributed by atoms with Crippen molar-refractivity contribution in [2.75, 3.05) is 45.2 Å². The van der Waals surface area contributed by atoms with Crippen molar-refractivity contribution < 1.29 is 19.1 Å². The van der Waals surface area contributed by atoms with Crippen LogP contribution in [0.2, 0.25) is 5.02 Å².